The SMILES string of the molecule is Cn1ccnc1C(Nc1ccccc1)c1ccc(Cl)cc1. The molecule has 3 nitrogen and oxygen atoms in total. The Labute approximate surface area is 129 Å². The number of imidazole rings is 1. The second kappa shape index (κ2) is 6.02. The van der Waals surface area contributed by atoms with Crippen molar-refractivity contribution < 1.29 is 0 Å². The molecule has 0 bridgehead atoms. The number of hydrogen-bond donors (Lipinski definition) is 1. The lowest BCUT2D eigenvalue weighted by Crippen LogP contribution is -2.16. The average Bonchev–Trinajstić information content (AvgIpc) is 2.93. The van der Waals surface area contributed by atoms with E-state index in [1.807, 2.05) is 78.6 Å². The van der Waals surface area contributed by atoms with E-state index in [9.17, 15) is 0 Å². The van der Waals surface area contributed by atoms with Crippen molar-refractivity contribution in [3.8, 4) is 0 Å². The maximum atomic E-state index is 5.99. The molecule has 0 fully saturated rings. The Morgan fingerprint density at radius 3 is 2.38 bits per heavy atom. The van der Waals surface area contributed by atoms with Crippen LogP contribution in [0, 0.1) is 0 Å². The van der Waals surface area contributed by atoms with E-state index in [0.29, 0.717) is 0 Å². The van der Waals surface area contributed by atoms with Crippen LogP contribution >= 0.6 is 11.6 Å². The second-order valence-corrected chi connectivity index (χ2v) is 5.33. The number of para-hydroxylation sites is 1. The Morgan fingerprint density at radius 1 is 1.05 bits per heavy atom. The molecule has 3 aromatic rings. The van der Waals surface area contributed by atoms with Gasteiger partial charge in [-0.25, -0.2) is 4.98 Å². The van der Waals surface area contributed by atoms with Crippen LogP contribution in [0.2, 0.25) is 5.02 Å². The number of aryl methyl sites for hydroxylation is 1. The zero-order valence-corrected chi connectivity index (χ0v) is 12.5. The maximum Gasteiger partial charge on any atom is 0.135 e. The van der Waals surface area contributed by atoms with Crippen LogP contribution in [0.3, 0.4) is 0 Å². The number of aromatic nitrogens is 2. The Kier molecular flexibility index (Phi) is 3.93. The van der Waals surface area contributed by atoms with Crippen molar-refractivity contribution in [2.75, 3.05) is 5.32 Å². The summed E-state index contributed by atoms with van der Waals surface area (Å²) >= 11 is 5.99. The van der Waals surface area contributed by atoms with E-state index in [2.05, 4.69) is 10.3 Å². The summed E-state index contributed by atoms with van der Waals surface area (Å²) in [7, 11) is 2.00. The third-order valence-corrected chi connectivity index (χ3v) is 3.66. The minimum atomic E-state index is -0.0235. The molecule has 1 N–H and O–H groups in total. The zero-order valence-electron chi connectivity index (χ0n) is 11.7. The molecule has 21 heavy (non-hydrogen) atoms. The molecule has 1 aromatic heterocycles. The normalized spacial score (nSPS) is 12.1. The van der Waals surface area contributed by atoms with Crippen molar-refractivity contribution in [3.05, 3.63) is 83.4 Å². The Bertz CT molecular complexity index is 704. The molecule has 4 heteroatoms. The molecule has 0 spiro atoms. The summed E-state index contributed by atoms with van der Waals surface area (Å²) in [6.07, 6.45) is 3.76. The van der Waals surface area contributed by atoms with Gasteiger partial charge in [0.05, 0.1) is 0 Å². The molecule has 0 aliphatic carbocycles. The van der Waals surface area contributed by atoms with E-state index in [1.165, 1.54) is 0 Å². The van der Waals surface area contributed by atoms with Gasteiger partial charge in [0.1, 0.15) is 11.9 Å². The number of halogens is 1. The molecule has 0 amide bonds. The highest BCUT2D eigenvalue weighted by atomic mass is 35.5. The third kappa shape index (κ3) is 3.09. The van der Waals surface area contributed by atoms with Gasteiger partial charge in [0, 0.05) is 30.2 Å². The van der Waals surface area contributed by atoms with Gasteiger partial charge in [-0.1, -0.05) is 41.9 Å². The topological polar surface area (TPSA) is 29.9 Å². The highest BCUT2D eigenvalue weighted by Crippen LogP contribution is 2.26. The van der Waals surface area contributed by atoms with Gasteiger partial charge in [-0.15, -0.1) is 0 Å². The minimum absolute atomic E-state index is 0.0235. The number of hydrogen-bond acceptors (Lipinski definition) is 2. The third-order valence-electron chi connectivity index (χ3n) is 3.40. The molecule has 1 heterocycles. The average molecular weight is 298 g/mol. The van der Waals surface area contributed by atoms with Crippen LogP contribution in [0.4, 0.5) is 5.69 Å². The molecular formula is C17H16ClN3. The van der Waals surface area contributed by atoms with Gasteiger partial charge in [-0.05, 0) is 29.8 Å². The monoisotopic (exact) mass is 297 g/mol. The molecule has 0 aliphatic heterocycles. The van der Waals surface area contributed by atoms with Crippen LogP contribution in [0.25, 0.3) is 0 Å². The van der Waals surface area contributed by atoms with Gasteiger partial charge < -0.3 is 9.88 Å². The van der Waals surface area contributed by atoms with Crippen molar-refractivity contribution in [1.82, 2.24) is 9.55 Å². The van der Waals surface area contributed by atoms with Crippen LogP contribution in [0.5, 0.6) is 0 Å². The number of nitrogens with zero attached hydrogens (tertiary/aromatic N) is 2. The summed E-state index contributed by atoms with van der Waals surface area (Å²) in [4.78, 5) is 4.48. The molecular weight excluding hydrogens is 282 g/mol. The van der Waals surface area contributed by atoms with Crippen LogP contribution in [0.15, 0.2) is 67.0 Å². The standard InChI is InChI=1S/C17H16ClN3/c1-21-12-11-19-17(21)16(13-7-9-14(18)10-8-13)20-15-5-3-2-4-6-15/h2-12,16,20H,1H3. The number of anilines is 1. The molecule has 1 atom stereocenters. The fourth-order valence-corrected chi connectivity index (χ4v) is 2.43. The van der Waals surface area contributed by atoms with Crippen molar-refractivity contribution in [1.29, 1.82) is 0 Å². The van der Waals surface area contributed by atoms with E-state index in [-0.39, 0.29) is 6.04 Å². The highest BCUT2D eigenvalue weighted by Gasteiger charge is 2.18. The van der Waals surface area contributed by atoms with Gasteiger partial charge in [0.15, 0.2) is 0 Å². The van der Waals surface area contributed by atoms with E-state index in [4.69, 9.17) is 11.6 Å². The molecule has 0 radical (unpaired) electrons. The predicted molar refractivity (Wildman–Crippen MR) is 86.6 cm³/mol. The van der Waals surface area contributed by atoms with E-state index < -0.39 is 0 Å². The molecule has 0 saturated heterocycles. The first kappa shape index (κ1) is 13.7. The summed E-state index contributed by atoms with van der Waals surface area (Å²) in [5, 5.41) is 4.26. The van der Waals surface area contributed by atoms with Gasteiger partial charge in [0.2, 0.25) is 0 Å². The Hall–Kier alpha value is -2.26. The van der Waals surface area contributed by atoms with Crippen LogP contribution in [0.1, 0.15) is 17.4 Å². The fraction of sp³-hybridized carbons (Fsp3) is 0.118. The summed E-state index contributed by atoms with van der Waals surface area (Å²) in [5.74, 6) is 0.959. The molecule has 3 rings (SSSR count). The molecule has 2 aromatic carbocycles. The van der Waals surface area contributed by atoms with E-state index in [1.54, 1.807) is 0 Å². The highest BCUT2D eigenvalue weighted by molar-refractivity contribution is 6.30. The largest absolute Gasteiger partial charge is 0.372 e. The Balaban J connectivity index is 1.99. The van der Waals surface area contributed by atoms with Crippen molar-refractivity contribution in [3.63, 3.8) is 0 Å². The summed E-state index contributed by atoms with van der Waals surface area (Å²) in [6, 6.07) is 18.0. The number of benzene rings is 2. The first-order valence-corrected chi connectivity index (χ1v) is 7.16. The molecule has 0 aliphatic rings. The lowest BCUT2D eigenvalue weighted by molar-refractivity contribution is 0.748. The van der Waals surface area contributed by atoms with Crippen LogP contribution in [-0.2, 0) is 7.05 Å². The summed E-state index contributed by atoms with van der Waals surface area (Å²) in [6.45, 7) is 0. The van der Waals surface area contributed by atoms with Gasteiger partial charge in [0.25, 0.3) is 0 Å². The van der Waals surface area contributed by atoms with Gasteiger partial charge in [-0.3, -0.25) is 0 Å². The van der Waals surface area contributed by atoms with Crippen LogP contribution < -0.4 is 5.32 Å². The minimum Gasteiger partial charge on any atom is -0.372 e. The summed E-state index contributed by atoms with van der Waals surface area (Å²) < 4.78 is 2.02. The van der Waals surface area contributed by atoms with Crippen molar-refractivity contribution in [2.45, 2.75) is 6.04 Å². The lowest BCUT2D eigenvalue weighted by atomic mass is 10.1. The number of rotatable bonds is 4. The Morgan fingerprint density at radius 2 is 1.76 bits per heavy atom. The van der Waals surface area contributed by atoms with Crippen molar-refractivity contribution >= 4 is 17.3 Å². The fourth-order valence-electron chi connectivity index (χ4n) is 2.31. The number of nitrogens with one attached hydrogen (secondary N) is 1. The maximum absolute atomic E-state index is 5.99. The van der Waals surface area contributed by atoms with Gasteiger partial charge >= 0.3 is 0 Å². The summed E-state index contributed by atoms with van der Waals surface area (Å²) in [5.41, 5.74) is 2.18. The quantitative estimate of drug-likeness (QED) is 0.779. The lowest BCUT2D eigenvalue weighted by Gasteiger charge is -2.20. The predicted octanol–water partition coefficient (Wildman–Crippen LogP) is 4.28. The smallest absolute Gasteiger partial charge is 0.135 e. The first-order valence-electron chi connectivity index (χ1n) is 6.78. The van der Waals surface area contributed by atoms with E-state index in [0.717, 1.165) is 22.1 Å². The van der Waals surface area contributed by atoms with Crippen molar-refractivity contribution in [2.24, 2.45) is 7.05 Å². The second-order valence-electron chi connectivity index (χ2n) is 4.89. The molecule has 0 saturated carbocycles. The van der Waals surface area contributed by atoms with Crippen LogP contribution in [-0.4, -0.2) is 9.55 Å². The molecule has 1 unspecified atom stereocenters. The molecule has 106 valence electrons. The van der Waals surface area contributed by atoms with Gasteiger partial charge in [-0.2, -0.15) is 0 Å². The first-order chi connectivity index (χ1) is 10.2. The zero-order chi connectivity index (χ0) is 14.7. The van der Waals surface area contributed by atoms with E-state index >= 15 is 0 Å².